The van der Waals surface area contributed by atoms with Crippen molar-refractivity contribution < 1.29 is 0 Å². The van der Waals surface area contributed by atoms with Crippen molar-refractivity contribution in [2.24, 2.45) is 0 Å². The quantitative estimate of drug-likeness (QED) is 0.671. The number of rotatable bonds is 3. The number of unbranched alkanes of at least 4 members (excludes halogenated alkanes) is 1. The minimum absolute atomic E-state index is 0.00245. The van der Waals surface area contributed by atoms with Crippen molar-refractivity contribution >= 4 is 16.6 Å². The smallest absolute Gasteiger partial charge is 0.265 e. The molecule has 0 bridgehead atoms. The summed E-state index contributed by atoms with van der Waals surface area (Å²) in [5.74, 6) is 0. The van der Waals surface area contributed by atoms with Crippen molar-refractivity contribution in [2.45, 2.75) is 26.2 Å². The number of hydrogen-bond donors (Lipinski definition) is 0. The van der Waals surface area contributed by atoms with Crippen LogP contribution < -0.4 is 5.56 Å². The van der Waals surface area contributed by atoms with Crippen LogP contribution in [0.5, 0.6) is 0 Å². The van der Waals surface area contributed by atoms with Gasteiger partial charge in [-0.25, -0.2) is 4.98 Å². The summed E-state index contributed by atoms with van der Waals surface area (Å²) < 4.78 is 1.62. The first-order chi connectivity index (χ1) is 9.29. The van der Waals surface area contributed by atoms with Crippen LogP contribution in [0.1, 0.15) is 25.3 Å². The highest BCUT2D eigenvalue weighted by Gasteiger charge is 2.05. The molecule has 0 atom stereocenters. The summed E-state index contributed by atoms with van der Waals surface area (Å²) in [5, 5.41) is 0.668. The predicted octanol–water partition coefficient (Wildman–Crippen LogP) is 3.19. The van der Waals surface area contributed by atoms with Gasteiger partial charge in [-0.2, -0.15) is 0 Å². The Bertz CT molecular complexity index is 789. The zero-order valence-corrected chi connectivity index (χ0v) is 11.0. The van der Waals surface area contributed by atoms with Crippen LogP contribution in [0.25, 0.3) is 16.6 Å². The fourth-order valence-electron chi connectivity index (χ4n) is 2.33. The fraction of sp³-hybridized carbons (Fsp3) is 0.250. The second-order valence-electron chi connectivity index (χ2n) is 4.80. The maximum absolute atomic E-state index is 12.3. The summed E-state index contributed by atoms with van der Waals surface area (Å²) >= 11 is 0. The molecule has 0 unspecified atom stereocenters. The summed E-state index contributed by atoms with van der Waals surface area (Å²) in [4.78, 5) is 16.9. The molecule has 0 aliphatic rings. The molecule has 2 heterocycles. The maximum Gasteiger partial charge on any atom is 0.265 e. The molecule has 0 fully saturated rings. The van der Waals surface area contributed by atoms with E-state index >= 15 is 0 Å². The molecule has 0 aliphatic carbocycles. The monoisotopic (exact) mass is 252 g/mol. The molecule has 96 valence electrons. The van der Waals surface area contributed by atoms with Crippen molar-refractivity contribution in [3.05, 3.63) is 58.5 Å². The average Bonchev–Trinajstić information content (AvgIpc) is 2.45. The molecule has 3 rings (SSSR count). The molecule has 3 aromatic rings. The van der Waals surface area contributed by atoms with Gasteiger partial charge in [-0.15, -0.1) is 0 Å². The summed E-state index contributed by atoms with van der Waals surface area (Å²) in [6.45, 7) is 2.18. The van der Waals surface area contributed by atoms with Gasteiger partial charge in [0.05, 0.1) is 10.9 Å². The SMILES string of the molecule is CCCCc1ccn2c(=O)c3ccccc3nc2c1. The number of aromatic nitrogens is 2. The van der Waals surface area contributed by atoms with E-state index in [-0.39, 0.29) is 5.56 Å². The second kappa shape index (κ2) is 4.84. The van der Waals surface area contributed by atoms with Crippen molar-refractivity contribution in [1.82, 2.24) is 9.38 Å². The van der Waals surface area contributed by atoms with E-state index in [1.807, 2.05) is 42.6 Å². The largest absolute Gasteiger partial charge is 0.268 e. The Labute approximate surface area is 111 Å². The molecule has 3 nitrogen and oxygen atoms in total. The van der Waals surface area contributed by atoms with E-state index < -0.39 is 0 Å². The van der Waals surface area contributed by atoms with Crippen LogP contribution >= 0.6 is 0 Å². The third kappa shape index (κ3) is 2.12. The summed E-state index contributed by atoms with van der Waals surface area (Å²) in [7, 11) is 0. The number of hydrogen-bond acceptors (Lipinski definition) is 2. The molecule has 1 aromatic carbocycles. The minimum Gasteiger partial charge on any atom is -0.268 e. The Morgan fingerprint density at radius 2 is 2.05 bits per heavy atom. The summed E-state index contributed by atoms with van der Waals surface area (Å²) in [6.07, 6.45) is 5.20. The van der Waals surface area contributed by atoms with Gasteiger partial charge in [0.15, 0.2) is 0 Å². The molecular formula is C16H16N2O. The van der Waals surface area contributed by atoms with E-state index in [0.29, 0.717) is 5.39 Å². The molecular weight excluding hydrogens is 236 g/mol. The van der Waals surface area contributed by atoms with E-state index in [2.05, 4.69) is 11.9 Å². The molecule has 19 heavy (non-hydrogen) atoms. The highest BCUT2D eigenvalue weighted by atomic mass is 16.1. The van der Waals surface area contributed by atoms with Gasteiger partial charge in [0.2, 0.25) is 0 Å². The molecule has 0 aliphatic heterocycles. The first kappa shape index (κ1) is 11.9. The Balaban J connectivity index is 2.23. The van der Waals surface area contributed by atoms with Crippen LogP contribution in [0, 0.1) is 0 Å². The second-order valence-corrected chi connectivity index (χ2v) is 4.80. The van der Waals surface area contributed by atoms with Gasteiger partial charge < -0.3 is 0 Å². The molecule has 0 radical (unpaired) electrons. The lowest BCUT2D eigenvalue weighted by Crippen LogP contribution is -2.15. The lowest BCUT2D eigenvalue weighted by atomic mass is 10.1. The van der Waals surface area contributed by atoms with Gasteiger partial charge in [0, 0.05) is 6.20 Å². The van der Waals surface area contributed by atoms with Crippen molar-refractivity contribution in [3.8, 4) is 0 Å². The number of fused-ring (bicyclic) bond motifs is 2. The fourth-order valence-corrected chi connectivity index (χ4v) is 2.33. The Hall–Kier alpha value is -2.16. The van der Waals surface area contributed by atoms with Gasteiger partial charge in [-0.1, -0.05) is 25.5 Å². The third-order valence-electron chi connectivity index (χ3n) is 3.41. The Morgan fingerprint density at radius 1 is 1.21 bits per heavy atom. The first-order valence-corrected chi connectivity index (χ1v) is 6.69. The van der Waals surface area contributed by atoms with Gasteiger partial charge in [-0.05, 0) is 42.7 Å². The van der Waals surface area contributed by atoms with Gasteiger partial charge in [0.1, 0.15) is 5.65 Å². The average molecular weight is 252 g/mol. The van der Waals surface area contributed by atoms with Gasteiger partial charge in [0.25, 0.3) is 5.56 Å². The standard InChI is InChI=1S/C16H16N2O/c1-2-3-6-12-9-10-18-15(11-12)17-14-8-5-4-7-13(14)16(18)19/h4-5,7-11H,2-3,6H2,1H3. The Kier molecular flexibility index (Phi) is 3.03. The minimum atomic E-state index is 0.00245. The molecule has 0 spiro atoms. The maximum atomic E-state index is 12.3. The van der Waals surface area contributed by atoms with Crippen LogP contribution in [0.15, 0.2) is 47.4 Å². The van der Waals surface area contributed by atoms with Crippen LogP contribution in [-0.4, -0.2) is 9.38 Å². The van der Waals surface area contributed by atoms with Crippen molar-refractivity contribution in [1.29, 1.82) is 0 Å². The number of aryl methyl sites for hydroxylation is 1. The highest BCUT2D eigenvalue weighted by molar-refractivity contribution is 5.79. The van der Waals surface area contributed by atoms with Gasteiger partial charge in [-0.3, -0.25) is 9.20 Å². The number of nitrogens with zero attached hydrogens (tertiary/aromatic N) is 2. The molecule has 0 saturated carbocycles. The van der Waals surface area contributed by atoms with E-state index in [9.17, 15) is 4.79 Å². The predicted molar refractivity (Wildman–Crippen MR) is 77.6 cm³/mol. The van der Waals surface area contributed by atoms with E-state index in [1.54, 1.807) is 4.40 Å². The van der Waals surface area contributed by atoms with E-state index in [1.165, 1.54) is 12.0 Å². The molecule has 0 N–H and O–H groups in total. The molecule has 0 saturated heterocycles. The number of pyridine rings is 1. The van der Waals surface area contributed by atoms with Crippen LogP contribution in [-0.2, 0) is 6.42 Å². The number of para-hydroxylation sites is 1. The lowest BCUT2D eigenvalue weighted by molar-refractivity contribution is 0.793. The zero-order chi connectivity index (χ0) is 13.2. The van der Waals surface area contributed by atoms with E-state index in [0.717, 1.165) is 24.0 Å². The van der Waals surface area contributed by atoms with Crippen molar-refractivity contribution in [3.63, 3.8) is 0 Å². The molecule has 2 aromatic heterocycles. The normalized spacial score (nSPS) is 11.2. The summed E-state index contributed by atoms with van der Waals surface area (Å²) in [5.41, 5.74) is 2.74. The van der Waals surface area contributed by atoms with Crippen molar-refractivity contribution in [2.75, 3.05) is 0 Å². The molecule has 3 heteroatoms. The highest BCUT2D eigenvalue weighted by Crippen LogP contribution is 2.11. The van der Waals surface area contributed by atoms with E-state index in [4.69, 9.17) is 0 Å². The number of benzene rings is 1. The first-order valence-electron chi connectivity index (χ1n) is 6.69. The molecule has 0 amide bonds. The van der Waals surface area contributed by atoms with Gasteiger partial charge >= 0.3 is 0 Å². The van der Waals surface area contributed by atoms with Crippen LogP contribution in [0.2, 0.25) is 0 Å². The third-order valence-corrected chi connectivity index (χ3v) is 3.41. The lowest BCUT2D eigenvalue weighted by Gasteiger charge is -2.05. The zero-order valence-electron chi connectivity index (χ0n) is 11.0. The topological polar surface area (TPSA) is 34.4 Å². The van der Waals surface area contributed by atoms with Crippen LogP contribution in [0.3, 0.4) is 0 Å². The summed E-state index contributed by atoms with van der Waals surface area (Å²) in [6, 6.07) is 11.5. The van der Waals surface area contributed by atoms with Crippen LogP contribution in [0.4, 0.5) is 0 Å². The Morgan fingerprint density at radius 3 is 2.89 bits per heavy atom.